The summed E-state index contributed by atoms with van der Waals surface area (Å²) < 4.78 is 27.8. The van der Waals surface area contributed by atoms with Crippen LogP contribution in [0.4, 0.5) is 0 Å². The summed E-state index contributed by atoms with van der Waals surface area (Å²) in [5.41, 5.74) is 3.91. The maximum atomic E-state index is 12.7. The molecule has 3 N–H and O–H groups in total. The highest BCUT2D eigenvalue weighted by Crippen LogP contribution is 2.41. The number of benzene rings is 2. The molecule has 10 nitrogen and oxygen atoms in total. The molecule has 0 atom stereocenters. The zero-order valence-corrected chi connectivity index (χ0v) is 21.4. The number of aliphatic hydroxyl groups excluding tert-OH is 2. The number of aromatic nitrogens is 1. The van der Waals surface area contributed by atoms with E-state index in [1.54, 1.807) is 14.2 Å². The standard InChI is InChI=1S/C27H34N2O8/c1-4-20-21(10-11-22-26(28-15-35-22)27(32)29-19(13-30)14-31)25(18-8-6-5-7-9-18)24(37-17-34-3)12-23(20)36-16-33-2/h5-9,12,15,19,30-31H,4,10-11,13-14,16-17H2,1-3H3,(H,29,32). The van der Waals surface area contributed by atoms with Crippen LogP contribution in [0.15, 0.2) is 47.2 Å². The molecule has 0 fully saturated rings. The van der Waals surface area contributed by atoms with Crippen LogP contribution < -0.4 is 14.8 Å². The van der Waals surface area contributed by atoms with Crippen LogP contribution in [0.3, 0.4) is 0 Å². The Hall–Kier alpha value is -3.44. The van der Waals surface area contributed by atoms with Gasteiger partial charge in [0.25, 0.3) is 5.91 Å². The number of amides is 1. The number of aryl methyl sites for hydroxylation is 1. The van der Waals surface area contributed by atoms with Gasteiger partial charge in [-0.2, -0.15) is 0 Å². The number of nitrogens with one attached hydrogen (secondary N) is 1. The molecule has 3 rings (SSSR count). The predicted octanol–water partition coefficient (Wildman–Crippen LogP) is 2.74. The summed E-state index contributed by atoms with van der Waals surface area (Å²) in [5, 5.41) is 21.2. The Kier molecular flexibility index (Phi) is 10.9. The molecule has 37 heavy (non-hydrogen) atoms. The third-order valence-electron chi connectivity index (χ3n) is 5.79. The monoisotopic (exact) mass is 514 g/mol. The van der Waals surface area contributed by atoms with E-state index in [2.05, 4.69) is 10.3 Å². The number of rotatable bonds is 15. The average molecular weight is 515 g/mol. The fourth-order valence-electron chi connectivity index (χ4n) is 4.07. The number of oxazole rings is 1. The molecule has 3 aromatic rings. The Morgan fingerprint density at radius 1 is 1.00 bits per heavy atom. The van der Waals surface area contributed by atoms with Gasteiger partial charge in [-0.05, 0) is 29.5 Å². The topological polar surface area (TPSA) is 133 Å². The van der Waals surface area contributed by atoms with Crippen molar-refractivity contribution in [1.29, 1.82) is 0 Å². The van der Waals surface area contributed by atoms with Gasteiger partial charge in [-0.15, -0.1) is 0 Å². The van der Waals surface area contributed by atoms with Crippen molar-refractivity contribution in [2.24, 2.45) is 0 Å². The van der Waals surface area contributed by atoms with E-state index >= 15 is 0 Å². The van der Waals surface area contributed by atoms with E-state index < -0.39 is 25.2 Å². The lowest BCUT2D eigenvalue weighted by Gasteiger charge is -2.22. The minimum atomic E-state index is -0.788. The molecular weight excluding hydrogens is 480 g/mol. The van der Waals surface area contributed by atoms with Crippen molar-refractivity contribution in [2.75, 3.05) is 41.0 Å². The van der Waals surface area contributed by atoms with Gasteiger partial charge in [-0.25, -0.2) is 4.98 Å². The first-order valence-corrected chi connectivity index (χ1v) is 12.0. The first kappa shape index (κ1) is 28.1. The summed E-state index contributed by atoms with van der Waals surface area (Å²) >= 11 is 0. The molecule has 1 heterocycles. The third-order valence-corrected chi connectivity index (χ3v) is 5.79. The highest BCUT2D eigenvalue weighted by atomic mass is 16.7. The molecule has 0 saturated heterocycles. The Labute approximate surface area is 216 Å². The van der Waals surface area contributed by atoms with Crippen molar-refractivity contribution in [3.63, 3.8) is 0 Å². The highest BCUT2D eigenvalue weighted by molar-refractivity contribution is 5.93. The normalized spacial score (nSPS) is 11.1. The summed E-state index contributed by atoms with van der Waals surface area (Å²) in [7, 11) is 3.11. The zero-order chi connectivity index (χ0) is 26.6. The van der Waals surface area contributed by atoms with E-state index in [4.69, 9.17) is 23.4 Å². The van der Waals surface area contributed by atoms with Gasteiger partial charge in [0, 0.05) is 32.3 Å². The predicted molar refractivity (Wildman–Crippen MR) is 136 cm³/mol. The molecule has 0 aliphatic heterocycles. The second-order valence-corrected chi connectivity index (χ2v) is 8.19. The van der Waals surface area contributed by atoms with Crippen LogP contribution in [0.25, 0.3) is 11.1 Å². The SMILES string of the molecule is CCc1c(OCOC)cc(OCOC)c(-c2ccccc2)c1CCc1ocnc1C(=O)NC(CO)CO. The lowest BCUT2D eigenvalue weighted by atomic mass is 9.89. The second-order valence-electron chi connectivity index (χ2n) is 8.19. The molecule has 0 radical (unpaired) electrons. The minimum absolute atomic E-state index is 0.0533. The van der Waals surface area contributed by atoms with E-state index in [1.807, 2.05) is 43.3 Å². The molecule has 0 aliphatic carbocycles. The van der Waals surface area contributed by atoms with Gasteiger partial charge in [-0.1, -0.05) is 37.3 Å². The van der Waals surface area contributed by atoms with Crippen molar-refractivity contribution in [2.45, 2.75) is 32.2 Å². The number of carbonyl (C=O) groups excluding carboxylic acids is 1. The van der Waals surface area contributed by atoms with Crippen molar-refractivity contribution >= 4 is 5.91 Å². The van der Waals surface area contributed by atoms with Crippen molar-refractivity contribution < 1.29 is 38.4 Å². The zero-order valence-electron chi connectivity index (χ0n) is 21.4. The van der Waals surface area contributed by atoms with Gasteiger partial charge in [0.1, 0.15) is 17.3 Å². The Morgan fingerprint density at radius 2 is 1.68 bits per heavy atom. The molecule has 0 saturated carbocycles. The maximum Gasteiger partial charge on any atom is 0.273 e. The van der Waals surface area contributed by atoms with E-state index in [-0.39, 0.29) is 19.3 Å². The fourth-order valence-corrected chi connectivity index (χ4v) is 4.07. The number of methoxy groups -OCH3 is 2. The Bertz CT molecular complexity index is 1130. The molecule has 0 spiro atoms. The minimum Gasteiger partial charge on any atom is -0.467 e. The van der Waals surface area contributed by atoms with Crippen LogP contribution in [-0.2, 0) is 28.7 Å². The smallest absolute Gasteiger partial charge is 0.273 e. The first-order chi connectivity index (χ1) is 18.1. The molecule has 2 aromatic carbocycles. The summed E-state index contributed by atoms with van der Waals surface area (Å²) in [4.78, 5) is 16.8. The Morgan fingerprint density at radius 3 is 2.30 bits per heavy atom. The molecule has 0 bridgehead atoms. The summed E-state index contributed by atoms with van der Waals surface area (Å²) in [6.07, 6.45) is 2.73. The van der Waals surface area contributed by atoms with Crippen LogP contribution in [0.5, 0.6) is 11.5 Å². The van der Waals surface area contributed by atoms with Crippen LogP contribution >= 0.6 is 0 Å². The van der Waals surface area contributed by atoms with E-state index in [0.29, 0.717) is 36.5 Å². The number of aliphatic hydroxyl groups is 2. The van der Waals surface area contributed by atoms with Crippen LogP contribution in [0.1, 0.15) is 34.3 Å². The second kappa shape index (κ2) is 14.3. The van der Waals surface area contributed by atoms with Gasteiger partial charge in [0.2, 0.25) is 0 Å². The van der Waals surface area contributed by atoms with E-state index in [0.717, 1.165) is 22.3 Å². The molecule has 1 aromatic heterocycles. The number of nitrogens with zero attached hydrogens (tertiary/aromatic N) is 1. The lowest BCUT2D eigenvalue weighted by molar-refractivity contribution is 0.0457. The van der Waals surface area contributed by atoms with E-state index in [9.17, 15) is 15.0 Å². The van der Waals surface area contributed by atoms with Crippen LogP contribution in [0.2, 0.25) is 0 Å². The number of hydrogen-bond acceptors (Lipinski definition) is 9. The quantitative estimate of drug-likeness (QED) is 0.262. The first-order valence-electron chi connectivity index (χ1n) is 12.0. The van der Waals surface area contributed by atoms with Crippen molar-refractivity contribution in [3.05, 3.63) is 65.4 Å². The van der Waals surface area contributed by atoms with Gasteiger partial charge >= 0.3 is 0 Å². The number of carbonyl (C=O) groups is 1. The summed E-state index contributed by atoms with van der Waals surface area (Å²) in [6, 6.07) is 10.9. The highest BCUT2D eigenvalue weighted by Gasteiger charge is 2.24. The molecule has 1 amide bonds. The van der Waals surface area contributed by atoms with Crippen LogP contribution in [-0.4, -0.2) is 68.2 Å². The molecule has 200 valence electrons. The summed E-state index contributed by atoms with van der Waals surface area (Å²) in [6.45, 7) is 1.38. The molecule has 10 heteroatoms. The fraction of sp³-hybridized carbons (Fsp3) is 0.407. The van der Waals surface area contributed by atoms with Crippen LogP contribution in [0, 0.1) is 0 Å². The number of ether oxygens (including phenoxy) is 4. The van der Waals surface area contributed by atoms with Gasteiger partial charge in [0.15, 0.2) is 25.7 Å². The van der Waals surface area contributed by atoms with E-state index in [1.165, 1.54) is 6.39 Å². The lowest BCUT2D eigenvalue weighted by Crippen LogP contribution is -2.40. The van der Waals surface area contributed by atoms with Crippen molar-refractivity contribution in [3.8, 4) is 22.6 Å². The van der Waals surface area contributed by atoms with Gasteiger partial charge in [-0.3, -0.25) is 4.79 Å². The Balaban J connectivity index is 2.05. The summed E-state index contributed by atoms with van der Waals surface area (Å²) in [5.74, 6) is 1.08. The third kappa shape index (κ3) is 7.07. The largest absolute Gasteiger partial charge is 0.467 e. The van der Waals surface area contributed by atoms with Gasteiger partial charge < -0.3 is 38.9 Å². The van der Waals surface area contributed by atoms with Gasteiger partial charge in [0.05, 0.1) is 19.3 Å². The maximum absolute atomic E-state index is 12.7. The molecular formula is C27H34N2O8. The van der Waals surface area contributed by atoms with Crippen molar-refractivity contribution in [1.82, 2.24) is 10.3 Å². The molecule has 0 aliphatic rings. The molecule has 0 unspecified atom stereocenters. The average Bonchev–Trinajstić information content (AvgIpc) is 3.41. The number of hydrogen-bond donors (Lipinski definition) is 3.